The van der Waals surface area contributed by atoms with Crippen molar-refractivity contribution in [1.82, 2.24) is 9.78 Å². The number of anilines is 3. The van der Waals surface area contributed by atoms with E-state index >= 15 is 0 Å². The fourth-order valence-corrected chi connectivity index (χ4v) is 2.96. The quantitative estimate of drug-likeness (QED) is 0.590. The van der Waals surface area contributed by atoms with Gasteiger partial charge in [0.2, 0.25) is 0 Å². The van der Waals surface area contributed by atoms with Gasteiger partial charge in [0.15, 0.2) is 5.82 Å². The molecule has 0 unspecified atom stereocenters. The second kappa shape index (κ2) is 4.38. The zero-order valence-electron chi connectivity index (χ0n) is 11.8. The van der Waals surface area contributed by atoms with Gasteiger partial charge in [-0.25, -0.2) is 0 Å². The number of nitrogen functional groups attached to an aromatic ring is 1. The molecule has 0 radical (unpaired) electrons. The van der Waals surface area contributed by atoms with Crippen LogP contribution in [0.2, 0.25) is 0 Å². The third-order valence-corrected chi connectivity index (χ3v) is 3.91. The van der Waals surface area contributed by atoms with E-state index in [2.05, 4.69) is 52.9 Å². The maximum atomic E-state index is 5.93. The van der Waals surface area contributed by atoms with Crippen molar-refractivity contribution in [3.8, 4) is 11.1 Å². The Morgan fingerprint density at radius 3 is 2.71 bits per heavy atom. The fourth-order valence-electron chi connectivity index (χ4n) is 2.96. The molecular weight excluding hydrogens is 260 g/mol. The molecule has 3 N–H and O–H groups in total. The first-order chi connectivity index (χ1) is 10.2. The zero-order chi connectivity index (χ0) is 14.4. The summed E-state index contributed by atoms with van der Waals surface area (Å²) in [6.07, 6.45) is 2.78. The summed E-state index contributed by atoms with van der Waals surface area (Å²) in [7, 11) is 1.86. The second-order valence-electron chi connectivity index (χ2n) is 5.44. The molecule has 0 spiro atoms. The van der Waals surface area contributed by atoms with Crippen molar-refractivity contribution in [3.05, 3.63) is 59.8 Å². The van der Waals surface area contributed by atoms with Gasteiger partial charge in [-0.05, 0) is 40.8 Å². The lowest BCUT2D eigenvalue weighted by atomic mass is 10.1. The summed E-state index contributed by atoms with van der Waals surface area (Å²) in [6.45, 7) is 0. The van der Waals surface area contributed by atoms with E-state index in [9.17, 15) is 0 Å². The van der Waals surface area contributed by atoms with Gasteiger partial charge in [-0.1, -0.05) is 30.3 Å². The van der Waals surface area contributed by atoms with Crippen molar-refractivity contribution < 1.29 is 0 Å². The van der Waals surface area contributed by atoms with E-state index in [1.165, 1.54) is 22.3 Å². The summed E-state index contributed by atoms with van der Waals surface area (Å²) in [5, 5.41) is 7.61. The molecular formula is C17H16N4. The number of hydrogen-bond acceptors (Lipinski definition) is 3. The molecule has 0 saturated carbocycles. The molecule has 104 valence electrons. The molecule has 2 aromatic carbocycles. The number of nitrogens with zero attached hydrogens (tertiary/aromatic N) is 2. The molecule has 1 heterocycles. The number of fused-ring (bicyclic) bond motifs is 3. The number of aryl methyl sites for hydroxylation is 1. The smallest absolute Gasteiger partial charge is 0.175 e. The van der Waals surface area contributed by atoms with E-state index in [0.717, 1.165) is 12.1 Å². The summed E-state index contributed by atoms with van der Waals surface area (Å²) in [4.78, 5) is 0. The summed E-state index contributed by atoms with van der Waals surface area (Å²) < 4.78 is 1.71. The van der Waals surface area contributed by atoms with Gasteiger partial charge < -0.3 is 11.1 Å². The minimum atomic E-state index is 0.654. The van der Waals surface area contributed by atoms with Gasteiger partial charge in [0.1, 0.15) is 0 Å². The topological polar surface area (TPSA) is 55.9 Å². The highest BCUT2D eigenvalue weighted by molar-refractivity contribution is 5.79. The number of benzene rings is 2. The lowest BCUT2D eigenvalue weighted by molar-refractivity contribution is 0.771. The van der Waals surface area contributed by atoms with Crippen LogP contribution >= 0.6 is 0 Å². The minimum Gasteiger partial charge on any atom is -0.394 e. The maximum Gasteiger partial charge on any atom is 0.175 e. The predicted octanol–water partition coefficient (Wildman–Crippen LogP) is 3.32. The highest BCUT2D eigenvalue weighted by Gasteiger charge is 2.18. The molecule has 1 aromatic heterocycles. The summed E-state index contributed by atoms with van der Waals surface area (Å²) >= 11 is 0. The Hall–Kier alpha value is -2.75. The first-order valence-corrected chi connectivity index (χ1v) is 6.98. The SMILES string of the molecule is Cn1cc(N)c(Nc2ccc3c(c2)Cc2ccccc2-3)n1. The van der Waals surface area contributed by atoms with Crippen LogP contribution < -0.4 is 11.1 Å². The van der Waals surface area contributed by atoms with Crippen molar-refractivity contribution in [3.63, 3.8) is 0 Å². The van der Waals surface area contributed by atoms with Gasteiger partial charge in [0.25, 0.3) is 0 Å². The summed E-state index contributed by atoms with van der Waals surface area (Å²) in [6, 6.07) is 15.0. The third kappa shape index (κ3) is 1.96. The molecule has 1 aliphatic rings. The summed E-state index contributed by atoms with van der Waals surface area (Å²) in [5.41, 5.74) is 13.0. The number of nitrogens with one attached hydrogen (secondary N) is 1. The van der Waals surface area contributed by atoms with Crippen LogP contribution in [0.3, 0.4) is 0 Å². The number of rotatable bonds is 2. The molecule has 0 fully saturated rings. The molecule has 1 aliphatic carbocycles. The van der Waals surface area contributed by atoms with Gasteiger partial charge in [0, 0.05) is 18.9 Å². The molecule has 0 bridgehead atoms. The number of aromatic nitrogens is 2. The molecule has 3 aromatic rings. The van der Waals surface area contributed by atoms with Crippen LogP contribution in [-0.4, -0.2) is 9.78 Å². The number of nitrogens with two attached hydrogens (primary N) is 1. The standard InChI is InChI=1S/C17H16N4/c1-21-10-16(18)17(20-21)19-13-6-7-15-12(9-13)8-11-4-2-3-5-14(11)15/h2-7,9-10H,8,18H2,1H3,(H,19,20). The van der Waals surface area contributed by atoms with Crippen molar-refractivity contribution >= 4 is 17.2 Å². The van der Waals surface area contributed by atoms with E-state index in [1.54, 1.807) is 10.9 Å². The molecule has 21 heavy (non-hydrogen) atoms. The van der Waals surface area contributed by atoms with Gasteiger partial charge in [0.05, 0.1) is 5.69 Å². The first kappa shape index (κ1) is 12.0. The van der Waals surface area contributed by atoms with Crippen LogP contribution in [0.25, 0.3) is 11.1 Å². The Labute approximate surface area is 123 Å². The van der Waals surface area contributed by atoms with Gasteiger partial charge >= 0.3 is 0 Å². The Morgan fingerprint density at radius 1 is 1.10 bits per heavy atom. The third-order valence-electron chi connectivity index (χ3n) is 3.91. The lowest BCUT2D eigenvalue weighted by Gasteiger charge is -2.07. The van der Waals surface area contributed by atoms with Crippen LogP contribution in [0.15, 0.2) is 48.7 Å². The lowest BCUT2D eigenvalue weighted by Crippen LogP contribution is -1.96. The monoisotopic (exact) mass is 276 g/mol. The van der Waals surface area contributed by atoms with E-state index in [0.29, 0.717) is 11.5 Å². The van der Waals surface area contributed by atoms with Crippen molar-refractivity contribution in [2.45, 2.75) is 6.42 Å². The Morgan fingerprint density at radius 2 is 1.90 bits per heavy atom. The Bertz CT molecular complexity index is 833. The van der Waals surface area contributed by atoms with Gasteiger partial charge in [-0.3, -0.25) is 4.68 Å². The maximum absolute atomic E-state index is 5.93. The Balaban J connectivity index is 1.69. The average molecular weight is 276 g/mol. The molecule has 4 rings (SSSR count). The van der Waals surface area contributed by atoms with Crippen LogP contribution in [0, 0.1) is 0 Å². The molecule has 4 heteroatoms. The van der Waals surface area contributed by atoms with E-state index in [1.807, 2.05) is 7.05 Å². The van der Waals surface area contributed by atoms with E-state index in [-0.39, 0.29) is 0 Å². The van der Waals surface area contributed by atoms with Crippen LogP contribution in [0.5, 0.6) is 0 Å². The Kier molecular flexibility index (Phi) is 2.51. The van der Waals surface area contributed by atoms with Gasteiger partial charge in [-0.15, -0.1) is 0 Å². The van der Waals surface area contributed by atoms with Crippen LogP contribution in [0.4, 0.5) is 17.2 Å². The van der Waals surface area contributed by atoms with Crippen LogP contribution in [-0.2, 0) is 13.5 Å². The highest BCUT2D eigenvalue weighted by Crippen LogP contribution is 2.38. The predicted molar refractivity (Wildman–Crippen MR) is 85.6 cm³/mol. The zero-order valence-corrected chi connectivity index (χ0v) is 11.8. The van der Waals surface area contributed by atoms with Crippen LogP contribution in [0.1, 0.15) is 11.1 Å². The highest BCUT2D eigenvalue weighted by atomic mass is 15.3. The van der Waals surface area contributed by atoms with Gasteiger partial charge in [-0.2, -0.15) is 5.10 Å². The molecule has 4 nitrogen and oxygen atoms in total. The fraction of sp³-hybridized carbons (Fsp3) is 0.118. The van der Waals surface area contributed by atoms with Crippen molar-refractivity contribution in [2.75, 3.05) is 11.1 Å². The molecule has 0 saturated heterocycles. The largest absolute Gasteiger partial charge is 0.394 e. The summed E-state index contributed by atoms with van der Waals surface area (Å²) in [5.74, 6) is 0.702. The van der Waals surface area contributed by atoms with Crippen molar-refractivity contribution in [1.29, 1.82) is 0 Å². The average Bonchev–Trinajstić information content (AvgIpc) is 2.98. The first-order valence-electron chi connectivity index (χ1n) is 6.98. The second-order valence-corrected chi connectivity index (χ2v) is 5.44. The minimum absolute atomic E-state index is 0.654. The van der Waals surface area contributed by atoms with Crippen molar-refractivity contribution in [2.24, 2.45) is 7.05 Å². The van der Waals surface area contributed by atoms with E-state index in [4.69, 9.17) is 5.73 Å². The molecule has 0 aliphatic heterocycles. The molecule has 0 amide bonds. The van der Waals surface area contributed by atoms with E-state index < -0.39 is 0 Å². The number of hydrogen-bond donors (Lipinski definition) is 2. The molecule has 0 atom stereocenters. The normalized spacial score (nSPS) is 12.0.